The lowest BCUT2D eigenvalue weighted by Gasteiger charge is -2.20. The average Bonchev–Trinajstić information content (AvgIpc) is 2.75. The standard InChI is InChI=1S/C13H11ClFN3/c1-8-12(14)16-7-17-13(8)18-5-4-9-2-3-10(15)6-11(9)18/h2-3,6-7H,4-5H2,1H3. The lowest BCUT2D eigenvalue weighted by molar-refractivity contribution is 0.628. The van der Waals surface area contributed by atoms with Crippen LogP contribution in [0.5, 0.6) is 0 Å². The van der Waals surface area contributed by atoms with E-state index in [0.29, 0.717) is 5.15 Å². The van der Waals surface area contributed by atoms with Crippen LogP contribution < -0.4 is 4.90 Å². The van der Waals surface area contributed by atoms with Gasteiger partial charge in [0.1, 0.15) is 23.1 Å². The molecule has 18 heavy (non-hydrogen) atoms. The van der Waals surface area contributed by atoms with Gasteiger partial charge in [-0.25, -0.2) is 14.4 Å². The molecule has 0 radical (unpaired) electrons. The van der Waals surface area contributed by atoms with Crippen molar-refractivity contribution < 1.29 is 4.39 Å². The van der Waals surface area contributed by atoms with E-state index in [4.69, 9.17) is 11.6 Å². The Hall–Kier alpha value is -1.68. The van der Waals surface area contributed by atoms with Gasteiger partial charge in [0.05, 0.1) is 0 Å². The van der Waals surface area contributed by atoms with E-state index in [0.717, 1.165) is 35.6 Å². The van der Waals surface area contributed by atoms with Gasteiger partial charge in [0.25, 0.3) is 0 Å². The number of anilines is 2. The van der Waals surface area contributed by atoms with Crippen LogP contribution in [-0.2, 0) is 6.42 Å². The summed E-state index contributed by atoms with van der Waals surface area (Å²) in [6, 6.07) is 4.85. The van der Waals surface area contributed by atoms with Crippen molar-refractivity contribution in [2.45, 2.75) is 13.3 Å². The fraction of sp³-hybridized carbons (Fsp3) is 0.231. The number of nitrogens with zero attached hydrogens (tertiary/aromatic N) is 3. The first kappa shape index (κ1) is 11.4. The lowest BCUT2D eigenvalue weighted by atomic mass is 10.1. The predicted molar refractivity (Wildman–Crippen MR) is 68.9 cm³/mol. The van der Waals surface area contributed by atoms with E-state index in [1.54, 1.807) is 0 Å². The summed E-state index contributed by atoms with van der Waals surface area (Å²) in [5, 5.41) is 0.435. The van der Waals surface area contributed by atoms with Gasteiger partial charge in [0, 0.05) is 17.8 Å². The molecule has 92 valence electrons. The second-order valence-corrected chi connectivity index (χ2v) is 4.65. The lowest BCUT2D eigenvalue weighted by Crippen LogP contribution is -2.16. The molecular formula is C13H11ClFN3. The van der Waals surface area contributed by atoms with Gasteiger partial charge in [0.2, 0.25) is 0 Å². The highest BCUT2D eigenvalue weighted by Crippen LogP contribution is 2.36. The SMILES string of the molecule is Cc1c(Cl)ncnc1N1CCc2ccc(F)cc21. The highest BCUT2D eigenvalue weighted by atomic mass is 35.5. The fourth-order valence-corrected chi connectivity index (χ4v) is 2.39. The summed E-state index contributed by atoms with van der Waals surface area (Å²) in [5.74, 6) is 0.512. The van der Waals surface area contributed by atoms with Gasteiger partial charge in [-0.05, 0) is 31.0 Å². The van der Waals surface area contributed by atoms with Crippen LogP contribution in [0.3, 0.4) is 0 Å². The minimum absolute atomic E-state index is 0.238. The highest BCUT2D eigenvalue weighted by molar-refractivity contribution is 6.30. The molecule has 0 fully saturated rings. The van der Waals surface area contributed by atoms with Crippen molar-refractivity contribution in [1.82, 2.24) is 9.97 Å². The molecule has 3 nitrogen and oxygen atoms in total. The van der Waals surface area contributed by atoms with Gasteiger partial charge in [-0.1, -0.05) is 17.7 Å². The molecule has 0 atom stereocenters. The molecule has 0 bridgehead atoms. The van der Waals surface area contributed by atoms with E-state index < -0.39 is 0 Å². The number of hydrogen-bond acceptors (Lipinski definition) is 3. The zero-order chi connectivity index (χ0) is 12.7. The Morgan fingerprint density at radius 1 is 1.33 bits per heavy atom. The summed E-state index contributed by atoms with van der Waals surface area (Å²) in [5.41, 5.74) is 2.81. The summed E-state index contributed by atoms with van der Waals surface area (Å²) in [4.78, 5) is 10.2. The summed E-state index contributed by atoms with van der Waals surface area (Å²) < 4.78 is 13.3. The second-order valence-electron chi connectivity index (χ2n) is 4.29. The molecule has 0 amide bonds. The van der Waals surface area contributed by atoms with Crippen LogP contribution in [-0.4, -0.2) is 16.5 Å². The molecule has 1 aliphatic rings. The van der Waals surface area contributed by atoms with Crippen molar-refractivity contribution in [1.29, 1.82) is 0 Å². The van der Waals surface area contributed by atoms with Crippen molar-refractivity contribution in [3.8, 4) is 0 Å². The number of fused-ring (bicyclic) bond motifs is 1. The minimum Gasteiger partial charge on any atom is -0.325 e. The minimum atomic E-state index is -0.238. The van der Waals surface area contributed by atoms with E-state index in [1.807, 2.05) is 17.9 Å². The Bertz CT molecular complexity index is 615. The van der Waals surface area contributed by atoms with Gasteiger partial charge in [-0.3, -0.25) is 0 Å². The summed E-state index contributed by atoms with van der Waals surface area (Å²) in [6.45, 7) is 2.65. The van der Waals surface area contributed by atoms with Gasteiger partial charge >= 0.3 is 0 Å². The Morgan fingerprint density at radius 2 is 2.17 bits per heavy atom. The molecule has 5 heteroatoms. The van der Waals surface area contributed by atoms with Gasteiger partial charge < -0.3 is 4.90 Å². The van der Waals surface area contributed by atoms with Crippen LogP contribution in [0.15, 0.2) is 24.5 Å². The molecule has 2 aromatic rings. The maximum absolute atomic E-state index is 13.3. The van der Waals surface area contributed by atoms with E-state index in [2.05, 4.69) is 9.97 Å². The molecule has 1 aromatic heterocycles. The third-order valence-corrected chi connectivity index (χ3v) is 3.58. The van der Waals surface area contributed by atoms with Crippen LogP contribution >= 0.6 is 11.6 Å². The number of benzene rings is 1. The molecule has 2 heterocycles. The Kier molecular flexibility index (Phi) is 2.67. The monoisotopic (exact) mass is 263 g/mol. The predicted octanol–water partition coefficient (Wildman–Crippen LogP) is 3.27. The summed E-state index contributed by atoms with van der Waals surface area (Å²) >= 11 is 6.00. The van der Waals surface area contributed by atoms with Crippen molar-refractivity contribution in [2.75, 3.05) is 11.4 Å². The van der Waals surface area contributed by atoms with Crippen LogP contribution in [0.4, 0.5) is 15.9 Å². The first-order valence-corrected chi connectivity index (χ1v) is 6.07. The smallest absolute Gasteiger partial charge is 0.140 e. The first-order valence-electron chi connectivity index (χ1n) is 5.70. The van der Waals surface area contributed by atoms with Crippen molar-refractivity contribution in [3.63, 3.8) is 0 Å². The van der Waals surface area contributed by atoms with E-state index in [1.165, 1.54) is 18.5 Å². The average molecular weight is 264 g/mol. The first-order chi connectivity index (χ1) is 8.66. The Morgan fingerprint density at radius 3 is 3.00 bits per heavy atom. The quantitative estimate of drug-likeness (QED) is 0.740. The molecule has 3 rings (SSSR count). The molecular weight excluding hydrogens is 253 g/mol. The molecule has 1 aliphatic heterocycles. The van der Waals surface area contributed by atoms with Gasteiger partial charge in [0.15, 0.2) is 0 Å². The summed E-state index contributed by atoms with van der Waals surface area (Å²) in [7, 11) is 0. The van der Waals surface area contributed by atoms with E-state index in [-0.39, 0.29) is 5.82 Å². The molecule has 1 aromatic carbocycles. The van der Waals surface area contributed by atoms with Crippen molar-refractivity contribution in [2.24, 2.45) is 0 Å². The normalized spacial score (nSPS) is 13.8. The number of halogens is 2. The molecule has 0 saturated carbocycles. The van der Waals surface area contributed by atoms with E-state index >= 15 is 0 Å². The van der Waals surface area contributed by atoms with Crippen LogP contribution in [0, 0.1) is 12.7 Å². The largest absolute Gasteiger partial charge is 0.325 e. The summed E-state index contributed by atoms with van der Waals surface area (Å²) in [6.07, 6.45) is 2.32. The fourth-order valence-electron chi connectivity index (χ4n) is 2.26. The molecule has 0 N–H and O–H groups in total. The van der Waals surface area contributed by atoms with Crippen LogP contribution in [0.1, 0.15) is 11.1 Å². The maximum atomic E-state index is 13.3. The highest BCUT2D eigenvalue weighted by Gasteiger charge is 2.23. The van der Waals surface area contributed by atoms with Crippen LogP contribution in [0.2, 0.25) is 5.15 Å². The molecule has 0 saturated heterocycles. The number of rotatable bonds is 1. The van der Waals surface area contributed by atoms with E-state index in [9.17, 15) is 4.39 Å². The third kappa shape index (κ3) is 1.73. The van der Waals surface area contributed by atoms with Crippen LogP contribution in [0.25, 0.3) is 0 Å². The molecule has 0 unspecified atom stereocenters. The van der Waals surface area contributed by atoms with Crippen molar-refractivity contribution in [3.05, 3.63) is 46.6 Å². The zero-order valence-electron chi connectivity index (χ0n) is 9.82. The number of hydrogen-bond donors (Lipinski definition) is 0. The van der Waals surface area contributed by atoms with Gasteiger partial charge in [-0.15, -0.1) is 0 Å². The second kappa shape index (κ2) is 4.21. The Balaban J connectivity index is 2.11. The zero-order valence-corrected chi connectivity index (χ0v) is 10.6. The molecule has 0 aliphatic carbocycles. The third-order valence-electron chi connectivity index (χ3n) is 3.19. The topological polar surface area (TPSA) is 29.0 Å². The number of aromatic nitrogens is 2. The van der Waals surface area contributed by atoms with Crippen molar-refractivity contribution >= 4 is 23.1 Å². The molecule has 0 spiro atoms. The Labute approximate surface area is 109 Å². The van der Waals surface area contributed by atoms with Gasteiger partial charge in [-0.2, -0.15) is 0 Å². The maximum Gasteiger partial charge on any atom is 0.140 e.